The third kappa shape index (κ3) is 3.87. The molecule has 1 fully saturated rings. The Bertz CT molecular complexity index is 708. The van der Waals surface area contributed by atoms with E-state index >= 15 is 0 Å². The predicted molar refractivity (Wildman–Crippen MR) is 92.2 cm³/mol. The van der Waals surface area contributed by atoms with E-state index in [2.05, 4.69) is 10.4 Å². The molecule has 3 rings (SSSR count). The normalized spacial score (nSPS) is 19.4. The van der Waals surface area contributed by atoms with Crippen molar-refractivity contribution in [1.29, 1.82) is 0 Å². The number of hydrazone groups is 1. The summed E-state index contributed by atoms with van der Waals surface area (Å²) >= 11 is 0. The fraction of sp³-hybridized carbons (Fsp3) is 0.444. The molecule has 1 aromatic carbocycles. The molecule has 1 aliphatic carbocycles. The van der Waals surface area contributed by atoms with Crippen molar-refractivity contribution in [2.24, 2.45) is 5.10 Å². The average Bonchev–Trinajstić information content (AvgIpc) is 3.03. The minimum atomic E-state index is -0.922. The average molecular weight is 343 g/mol. The maximum atomic E-state index is 12.7. The molecule has 0 aromatic heterocycles. The van der Waals surface area contributed by atoms with E-state index in [0.717, 1.165) is 12.8 Å². The SMILES string of the molecule is O=C(O)CC1(NC(=O)C2=NN(c3ccccc3)C(=O)CC2)CCCC1. The van der Waals surface area contributed by atoms with Crippen LogP contribution in [-0.2, 0) is 14.4 Å². The summed E-state index contributed by atoms with van der Waals surface area (Å²) in [5, 5.41) is 17.5. The zero-order valence-electron chi connectivity index (χ0n) is 13.9. The van der Waals surface area contributed by atoms with E-state index in [1.807, 2.05) is 6.07 Å². The highest BCUT2D eigenvalue weighted by atomic mass is 16.4. The smallest absolute Gasteiger partial charge is 0.305 e. The van der Waals surface area contributed by atoms with E-state index in [4.69, 9.17) is 5.11 Å². The summed E-state index contributed by atoms with van der Waals surface area (Å²) in [5.74, 6) is -1.46. The number of carbonyl (C=O) groups is 3. The summed E-state index contributed by atoms with van der Waals surface area (Å²) in [5.41, 5.74) is 0.170. The van der Waals surface area contributed by atoms with Crippen molar-refractivity contribution < 1.29 is 19.5 Å². The van der Waals surface area contributed by atoms with Gasteiger partial charge in [-0.2, -0.15) is 5.10 Å². The third-order valence-electron chi connectivity index (χ3n) is 4.72. The molecule has 132 valence electrons. The van der Waals surface area contributed by atoms with Gasteiger partial charge in [0.25, 0.3) is 5.91 Å². The summed E-state index contributed by atoms with van der Waals surface area (Å²) in [7, 11) is 0. The second-order valence-electron chi connectivity index (χ2n) is 6.60. The zero-order chi connectivity index (χ0) is 17.9. The van der Waals surface area contributed by atoms with Crippen LogP contribution in [0.1, 0.15) is 44.9 Å². The maximum Gasteiger partial charge on any atom is 0.305 e. The number of anilines is 1. The van der Waals surface area contributed by atoms with Gasteiger partial charge in [-0.1, -0.05) is 31.0 Å². The lowest BCUT2D eigenvalue weighted by atomic mass is 9.92. The number of rotatable bonds is 5. The van der Waals surface area contributed by atoms with Crippen LogP contribution in [0, 0.1) is 0 Å². The molecule has 2 aliphatic rings. The van der Waals surface area contributed by atoms with E-state index in [1.165, 1.54) is 5.01 Å². The molecule has 1 aliphatic heterocycles. The number of nitrogens with one attached hydrogen (secondary N) is 1. The van der Waals surface area contributed by atoms with Crippen LogP contribution < -0.4 is 10.3 Å². The number of hydrogen-bond donors (Lipinski definition) is 2. The summed E-state index contributed by atoms with van der Waals surface area (Å²) in [6.45, 7) is 0. The maximum absolute atomic E-state index is 12.7. The molecule has 0 bridgehead atoms. The Morgan fingerprint density at radius 1 is 1.16 bits per heavy atom. The molecule has 0 atom stereocenters. The van der Waals surface area contributed by atoms with E-state index in [9.17, 15) is 14.4 Å². The van der Waals surface area contributed by atoms with Crippen molar-refractivity contribution >= 4 is 29.2 Å². The molecule has 0 spiro atoms. The van der Waals surface area contributed by atoms with Gasteiger partial charge in [-0.15, -0.1) is 0 Å². The van der Waals surface area contributed by atoms with Gasteiger partial charge in [0.15, 0.2) is 0 Å². The van der Waals surface area contributed by atoms with Crippen LogP contribution in [0.15, 0.2) is 35.4 Å². The van der Waals surface area contributed by atoms with Gasteiger partial charge < -0.3 is 10.4 Å². The quantitative estimate of drug-likeness (QED) is 0.855. The van der Waals surface area contributed by atoms with Crippen LogP contribution >= 0.6 is 0 Å². The molecule has 1 aromatic rings. The Morgan fingerprint density at radius 3 is 2.48 bits per heavy atom. The number of nitrogens with zero attached hydrogens (tertiary/aromatic N) is 2. The van der Waals surface area contributed by atoms with Gasteiger partial charge >= 0.3 is 5.97 Å². The molecule has 1 heterocycles. The highest BCUT2D eigenvalue weighted by Gasteiger charge is 2.39. The van der Waals surface area contributed by atoms with Crippen LogP contribution in [0.2, 0.25) is 0 Å². The van der Waals surface area contributed by atoms with Gasteiger partial charge in [0.1, 0.15) is 5.71 Å². The molecule has 7 heteroatoms. The second kappa shape index (κ2) is 7.04. The number of aliphatic carboxylic acids is 1. The number of amides is 2. The monoisotopic (exact) mass is 343 g/mol. The van der Waals surface area contributed by atoms with E-state index in [-0.39, 0.29) is 36.8 Å². The summed E-state index contributed by atoms with van der Waals surface area (Å²) in [4.78, 5) is 35.9. The highest BCUT2D eigenvalue weighted by molar-refractivity contribution is 6.40. The Labute approximate surface area is 145 Å². The number of carboxylic acid groups (broad SMARTS) is 1. The van der Waals surface area contributed by atoms with Gasteiger partial charge in [-0.25, -0.2) is 5.01 Å². The van der Waals surface area contributed by atoms with Crippen molar-refractivity contribution in [2.45, 2.75) is 50.5 Å². The topological polar surface area (TPSA) is 99.1 Å². The number of carboxylic acids is 1. The molecule has 2 amide bonds. The molecule has 0 radical (unpaired) electrons. The molecule has 2 N–H and O–H groups in total. The molecule has 1 saturated carbocycles. The first kappa shape index (κ1) is 17.1. The minimum absolute atomic E-state index is 0.0899. The minimum Gasteiger partial charge on any atom is -0.481 e. The molecule has 0 saturated heterocycles. The lowest BCUT2D eigenvalue weighted by Gasteiger charge is -2.30. The van der Waals surface area contributed by atoms with Crippen molar-refractivity contribution in [3.8, 4) is 0 Å². The van der Waals surface area contributed by atoms with Crippen LogP contribution in [0.3, 0.4) is 0 Å². The lowest BCUT2D eigenvalue weighted by molar-refractivity contribution is -0.139. The van der Waals surface area contributed by atoms with Crippen molar-refractivity contribution in [3.05, 3.63) is 30.3 Å². The second-order valence-corrected chi connectivity index (χ2v) is 6.60. The molecular formula is C18H21N3O4. The van der Waals surface area contributed by atoms with Crippen LogP contribution in [0.4, 0.5) is 5.69 Å². The zero-order valence-corrected chi connectivity index (χ0v) is 13.9. The van der Waals surface area contributed by atoms with E-state index in [1.54, 1.807) is 24.3 Å². The van der Waals surface area contributed by atoms with Crippen LogP contribution in [-0.4, -0.2) is 34.1 Å². The van der Waals surface area contributed by atoms with Crippen molar-refractivity contribution in [3.63, 3.8) is 0 Å². The fourth-order valence-corrected chi connectivity index (χ4v) is 3.49. The van der Waals surface area contributed by atoms with Crippen LogP contribution in [0.25, 0.3) is 0 Å². The molecule has 25 heavy (non-hydrogen) atoms. The Morgan fingerprint density at radius 2 is 1.84 bits per heavy atom. The lowest BCUT2D eigenvalue weighted by Crippen LogP contribution is -2.51. The van der Waals surface area contributed by atoms with Crippen molar-refractivity contribution in [1.82, 2.24) is 5.32 Å². The first-order valence-electron chi connectivity index (χ1n) is 8.49. The summed E-state index contributed by atoms with van der Waals surface area (Å²) in [6.07, 6.45) is 3.47. The number of carbonyl (C=O) groups excluding carboxylic acids is 2. The Balaban J connectivity index is 1.79. The molecular weight excluding hydrogens is 322 g/mol. The van der Waals surface area contributed by atoms with Gasteiger partial charge in [0.2, 0.25) is 5.91 Å². The Kier molecular flexibility index (Phi) is 4.83. The summed E-state index contributed by atoms with van der Waals surface area (Å²) < 4.78 is 0. The summed E-state index contributed by atoms with van der Waals surface area (Å²) in [6, 6.07) is 8.95. The van der Waals surface area contributed by atoms with Gasteiger partial charge in [0.05, 0.1) is 17.6 Å². The Hall–Kier alpha value is -2.70. The van der Waals surface area contributed by atoms with Gasteiger partial charge in [-0.05, 0) is 25.0 Å². The predicted octanol–water partition coefficient (Wildman–Crippen LogP) is 2.07. The standard InChI is InChI=1S/C18H21N3O4/c22-15-9-8-14(20-21(15)13-6-2-1-3-7-13)17(25)19-18(12-16(23)24)10-4-5-11-18/h1-3,6-7H,4-5,8-12H2,(H,19,25)(H,23,24). The molecule has 7 nitrogen and oxygen atoms in total. The van der Waals surface area contributed by atoms with Crippen LogP contribution in [0.5, 0.6) is 0 Å². The van der Waals surface area contributed by atoms with Gasteiger partial charge in [-0.3, -0.25) is 14.4 Å². The fourth-order valence-electron chi connectivity index (χ4n) is 3.49. The van der Waals surface area contributed by atoms with E-state index in [0.29, 0.717) is 18.5 Å². The number of hydrogen-bond acceptors (Lipinski definition) is 4. The first-order chi connectivity index (χ1) is 12.0. The largest absolute Gasteiger partial charge is 0.481 e. The molecule has 0 unspecified atom stereocenters. The highest BCUT2D eigenvalue weighted by Crippen LogP contribution is 2.33. The van der Waals surface area contributed by atoms with Crippen molar-refractivity contribution in [2.75, 3.05) is 5.01 Å². The number of para-hydroxylation sites is 1. The van der Waals surface area contributed by atoms with E-state index < -0.39 is 11.5 Å². The number of benzene rings is 1. The van der Waals surface area contributed by atoms with Gasteiger partial charge in [0, 0.05) is 12.8 Å². The first-order valence-corrected chi connectivity index (χ1v) is 8.49. The third-order valence-corrected chi connectivity index (χ3v) is 4.72.